The van der Waals surface area contributed by atoms with Crippen LogP contribution in [0.15, 0.2) is 52.9 Å². The first-order valence-corrected chi connectivity index (χ1v) is 14.2. The predicted octanol–water partition coefficient (Wildman–Crippen LogP) is 6.39. The van der Waals surface area contributed by atoms with E-state index in [9.17, 15) is 13.2 Å². The van der Waals surface area contributed by atoms with Gasteiger partial charge in [0.25, 0.3) is 10.0 Å². The van der Waals surface area contributed by atoms with Crippen molar-refractivity contribution in [2.45, 2.75) is 56.4 Å². The quantitative estimate of drug-likeness (QED) is 0.343. The number of sulfonamides is 1. The lowest BCUT2D eigenvalue weighted by molar-refractivity contribution is 0.0696. The number of hydrogen-bond acceptors (Lipinski definition) is 6. The van der Waals surface area contributed by atoms with E-state index < -0.39 is 16.0 Å². The molecule has 1 aromatic heterocycles. The zero-order valence-electron chi connectivity index (χ0n) is 19.9. The molecule has 0 aliphatic heterocycles. The number of anilines is 1. The highest BCUT2D eigenvalue weighted by atomic mass is 32.2. The van der Waals surface area contributed by atoms with Crippen LogP contribution >= 0.6 is 11.3 Å². The first kappa shape index (κ1) is 25.2. The van der Waals surface area contributed by atoms with Crippen LogP contribution in [0.5, 0.6) is 5.75 Å². The average molecular weight is 515 g/mol. The molecule has 2 aromatic carbocycles. The Bertz CT molecular complexity index is 1280. The number of nitrogens with one attached hydrogen (secondary N) is 1. The SMILES string of the molecule is CCC[C@H]1CC[C@H](c2ccc(-c3nc(S(=O)(=O)Nc4ccc(C(=O)O)cc4OC)cs3)cc2)CC1. The Balaban J connectivity index is 1.46. The minimum absolute atomic E-state index is 0.00167. The molecule has 1 saturated carbocycles. The van der Waals surface area contributed by atoms with E-state index in [1.807, 2.05) is 12.1 Å². The van der Waals surface area contributed by atoms with E-state index in [0.717, 1.165) is 11.5 Å². The van der Waals surface area contributed by atoms with E-state index in [2.05, 4.69) is 28.8 Å². The van der Waals surface area contributed by atoms with Crippen molar-refractivity contribution in [1.82, 2.24) is 4.98 Å². The predicted molar refractivity (Wildman–Crippen MR) is 138 cm³/mol. The number of methoxy groups -OCH3 is 1. The maximum absolute atomic E-state index is 12.9. The highest BCUT2D eigenvalue weighted by Crippen LogP contribution is 2.38. The molecule has 9 heteroatoms. The van der Waals surface area contributed by atoms with Gasteiger partial charge in [0.1, 0.15) is 10.8 Å². The normalized spacial score (nSPS) is 18.2. The fourth-order valence-corrected chi connectivity index (χ4v) is 6.88. The first-order chi connectivity index (χ1) is 16.8. The number of aromatic carboxylic acids is 1. The molecular formula is C26H30N2O5S2. The molecular weight excluding hydrogens is 484 g/mol. The van der Waals surface area contributed by atoms with Crippen LogP contribution in [-0.4, -0.2) is 31.6 Å². The molecule has 2 N–H and O–H groups in total. The summed E-state index contributed by atoms with van der Waals surface area (Å²) in [5.41, 5.74) is 2.36. The van der Waals surface area contributed by atoms with Gasteiger partial charge in [-0.1, -0.05) is 44.0 Å². The van der Waals surface area contributed by atoms with Gasteiger partial charge in [-0.3, -0.25) is 4.72 Å². The summed E-state index contributed by atoms with van der Waals surface area (Å²) >= 11 is 1.26. The minimum atomic E-state index is -3.98. The number of carboxylic acids is 1. The lowest BCUT2D eigenvalue weighted by Crippen LogP contribution is -2.14. The largest absolute Gasteiger partial charge is 0.495 e. The molecule has 186 valence electrons. The summed E-state index contributed by atoms with van der Waals surface area (Å²) in [7, 11) is -2.63. The van der Waals surface area contributed by atoms with Crippen molar-refractivity contribution in [2.24, 2.45) is 5.92 Å². The molecule has 1 aliphatic rings. The molecule has 0 radical (unpaired) electrons. The summed E-state index contributed by atoms with van der Waals surface area (Å²) in [6.45, 7) is 2.26. The summed E-state index contributed by atoms with van der Waals surface area (Å²) in [5.74, 6) is 0.450. The molecule has 1 heterocycles. The zero-order valence-corrected chi connectivity index (χ0v) is 21.5. The molecule has 0 unspecified atom stereocenters. The second-order valence-electron chi connectivity index (χ2n) is 8.94. The Labute approximate surface area is 210 Å². The fourth-order valence-electron chi connectivity index (χ4n) is 4.71. The van der Waals surface area contributed by atoms with Crippen LogP contribution in [0.2, 0.25) is 0 Å². The number of carboxylic acid groups (broad SMARTS) is 1. The van der Waals surface area contributed by atoms with Crippen LogP contribution in [-0.2, 0) is 10.0 Å². The molecule has 3 aromatic rings. The fraction of sp³-hybridized carbons (Fsp3) is 0.385. The van der Waals surface area contributed by atoms with Crippen molar-refractivity contribution in [3.05, 3.63) is 59.0 Å². The number of carbonyl (C=O) groups is 1. The Morgan fingerprint density at radius 2 is 1.86 bits per heavy atom. The van der Waals surface area contributed by atoms with Crippen molar-refractivity contribution in [2.75, 3.05) is 11.8 Å². The smallest absolute Gasteiger partial charge is 0.335 e. The van der Waals surface area contributed by atoms with Gasteiger partial charge >= 0.3 is 5.97 Å². The van der Waals surface area contributed by atoms with E-state index >= 15 is 0 Å². The third-order valence-electron chi connectivity index (χ3n) is 6.62. The van der Waals surface area contributed by atoms with Gasteiger partial charge < -0.3 is 9.84 Å². The minimum Gasteiger partial charge on any atom is -0.495 e. The second kappa shape index (κ2) is 10.8. The number of thiazole rings is 1. The van der Waals surface area contributed by atoms with Gasteiger partial charge in [-0.15, -0.1) is 11.3 Å². The van der Waals surface area contributed by atoms with Crippen molar-refractivity contribution < 1.29 is 23.1 Å². The van der Waals surface area contributed by atoms with Crippen LogP contribution in [0.3, 0.4) is 0 Å². The van der Waals surface area contributed by atoms with E-state index in [0.29, 0.717) is 10.9 Å². The highest BCUT2D eigenvalue weighted by molar-refractivity contribution is 7.92. The van der Waals surface area contributed by atoms with Gasteiger partial charge in [0.2, 0.25) is 0 Å². The number of aromatic nitrogens is 1. The molecule has 0 atom stereocenters. The van der Waals surface area contributed by atoms with Gasteiger partial charge in [0.15, 0.2) is 5.03 Å². The lowest BCUT2D eigenvalue weighted by Gasteiger charge is -2.28. The third kappa shape index (κ3) is 5.85. The number of ether oxygens (including phenoxy) is 1. The van der Waals surface area contributed by atoms with Gasteiger partial charge in [-0.05, 0) is 61.3 Å². The highest BCUT2D eigenvalue weighted by Gasteiger charge is 2.23. The molecule has 7 nitrogen and oxygen atoms in total. The van der Waals surface area contributed by atoms with Crippen molar-refractivity contribution >= 4 is 33.0 Å². The van der Waals surface area contributed by atoms with Crippen LogP contribution < -0.4 is 9.46 Å². The van der Waals surface area contributed by atoms with Crippen LogP contribution in [0.4, 0.5) is 5.69 Å². The zero-order chi connectivity index (χ0) is 25.0. The Morgan fingerprint density at radius 1 is 1.14 bits per heavy atom. The molecule has 1 aliphatic carbocycles. The van der Waals surface area contributed by atoms with E-state index in [4.69, 9.17) is 9.84 Å². The molecule has 4 rings (SSSR count). The monoisotopic (exact) mass is 514 g/mol. The van der Waals surface area contributed by atoms with E-state index in [-0.39, 0.29) is 22.0 Å². The molecule has 1 fully saturated rings. The average Bonchev–Trinajstić information content (AvgIpc) is 3.36. The van der Waals surface area contributed by atoms with Gasteiger partial charge in [0, 0.05) is 10.9 Å². The summed E-state index contributed by atoms with van der Waals surface area (Å²) in [4.78, 5) is 15.5. The number of benzene rings is 2. The van der Waals surface area contributed by atoms with Crippen LogP contribution in [0, 0.1) is 5.92 Å². The Morgan fingerprint density at radius 3 is 2.49 bits per heavy atom. The molecule has 0 bridgehead atoms. The number of rotatable bonds is 9. The summed E-state index contributed by atoms with van der Waals surface area (Å²) in [5, 5.41) is 11.2. The summed E-state index contributed by atoms with van der Waals surface area (Å²) in [6.07, 6.45) is 7.64. The van der Waals surface area contributed by atoms with E-state index in [1.165, 1.54) is 86.1 Å². The van der Waals surface area contributed by atoms with Crippen molar-refractivity contribution in [1.29, 1.82) is 0 Å². The number of hydrogen-bond donors (Lipinski definition) is 2. The topological polar surface area (TPSA) is 106 Å². The first-order valence-electron chi connectivity index (χ1n) is 11.8. The van der Waals surface area contributed by atoms with Crippen molar-refractivity contribution in [3.63, 3.8) is 0 Å². The third-order valence-corrected chi connectivity index (χ3v) is 8.91. The second-order valence-corrected chi connectivity index (χ2v) is 11.4. The van der Waals surface area contributed by atoms with Gasteiger partial charge in [-0.2, -0.15) is 8.42 Å². The molecule has 0 saturated heterocycles. The standard InChI is InChI=1S/C26H30N2O5S2/c1-3-4-17-5-7-18(8-6-17)19-9-11-20(12-10-19)25-27-24(16-34-25)35(31,32)28-22-14-13-21(26(29)30)15-23(22)33-2/h9-18,28H,3-8H2,1-2H3,(H,29,30)/t17-,18-. The molecule has 0 spiro atoms. The van der Waals surface area contributed by atoms with Gasteiger partial charge in [0.05, 0.1) is 18.4 Å². The maximum Gasteiger partial charge on any atom is 0.335 e. The Hall–Kier alpha value is -2.91. The maximum atomic E-state index is 12.9. The van der Waals surface area contributed by atoms with Crippen molar-refractivity contribution in [3.8, 4) is 16.3 Å². The summed E-state index contributed by atoms with van der Waals surface area (Å²) < 4.78 is 33.5. The lowest BCUT2D eigenvalue weighted by atomic mass is 9.77. The molecule has 35 heavy (non-hydrogen) atoms. The van der Waals surface area contributed by atoms with E-state index in [1.54, 1.807) is 0 Å². The van der Waals surface area contributed by atoms with Gasteiger partial charge in [-0.25, -0.2) is 9.78 Å². The Kier molecular flexibility index (Phi) is 7.76. The van der Waals surface area contributed by atoms with Crippen LogP contribution in [0.25, 0.3) is 10.6 Å². The summed E-state index contributed by atoms with van der Waals surface area (Å²) in [6, 6.07) is 12.3. The van der Waals surface area contributed by atoms with Crippen LogP contribution in [0.1, 0.15) is 67.3 Å². The number of nitrogens with zero attached hydrogens (tertiary/aromatic N) is 1. The molecule has 0 amide bonds.